The van der Waals surface area contributed by atoms with Crippen LogP contribution < -0.4 is 0 Å². The third-order valence-electron chi connectivity index (χ3n) is 3.46. The van der Waals surface area contributed by atoms with E-state index < -0.39 is 11.9 Å². The minimum atomic E-state index is -0.804. The van der Waals surface area contributed by atoms with Crippen molar-refractivity contribution < 1.29 is 14.7 Å². The number of carboxylic acid groups (broad SMARTS) is 1. The Morgan fingerprint density at radius 1 is 1.37 bits per heavy atom. The number of carbonyl (C=O) groups is 2. The van der Waals surface area contributed by atoms with Crippen molar-refractivity contribution in [2.75, 3.05) is 13.1 Å². The van der Waals surface area contributed by atoms with Gasteiger partial charge in [0, 0.05) is 28.0 Å². The van der Waals surface area contributed by atoms with Crippen LogP contribution in [0.25, 0.3) is 0 Å². The number of amides is 1. The summed E-state index contributed by atoms with van der Waals surface area (Å²) in [6.45, 7) is 2.70. The van der Waals surface area contributed by atoms with Gasteiger partial charge in [0.15, 0.2) is 0 Å². The minimum absolute atomic E-state index is 0.0515. The summed E-state index contributed by atoms with van der Waals surface area (Å²) in [7, 11) is 0. The topological polar surface area (TPSA) is 57.6 Å². The number of rotatable bonds is 3. The van der Waals surface area contributed by atoms with Gasteiger partial charge in [0.25, 0.3) is 5.91 Å². The maximum Gasteiger partial charge on any atom is 0.306 e. The first kappa shape index (κ1) is 14.5. The van der Waals surface area contributed by atoms with E-state index in [1.54, 1.807) is 17.9 Å². The Labute approximate surface area is 128 Å². The molecule has 0 spiro atoms. The number of likely N-dealkylation sites (tertiary alicyclic amines) is 1. The molecule has 0 aromatic heterocycles. The highest BCUT2D eigenvalue weighted by Crippen LogP contribution is 2.29. The summed E-state index contributed by atoms with van der Waals surface area (Å²) in [5.41, 5.74) is 0.602. The normalized spacial score (nSPS) is 16.9. The van der Waals surface area contributed by atoms with Crippen molar-refractivity contribution in [1.82, 2.24) is 4.90 Å². The molecule has 102 valence electrons. The molecule has 1 aliphatic rings. The number of hydrogen-bond acceptors (Lipinski definition) is 2. The lowest BCUT2D eigenvalue weighted by Gasteiger charge is -2.41. The van der Waals surface area contributed by atoms with Gasteiger partial charge in [-0.25, -0.2) is 0 Å². The van der Waals surface area contributed by atoms with Crippen LogP contribution in [0.5, 0.6) is 0 Å². The number of carboxylic acids is 1. The van der Waals surface area contributed by atoms with E-state index >= 15 is 0 Å². The van der Waals surface area contributed by atoms with E-state index in [1.165, 1.54) is 0 Å². The summed E-state index contributed by atoms with van der Waals surface area (Å²) in [6.07, 6.45) is 0. The molecule has 2 rings (SSSR count). The highest BCUT2D eigenvalue weighted by atomic mass is 79.9. The zero-order valence-electron chi connectivity index (χ0n) is 10.3. The first-order chi connectivity index (χ1) is 8.90. The quantitative estimate of drug-likeness (QED) is 0.862. The Bertz CT molecular complexity index is 527. The second-order valence-corrected chi connectivity index (χ2v) is 6.49. The predicted molar refractivity (Wildman–Crippen MR) is 78.0 cm³/mol. The third kappa shape index (κ3) is 3.00. The van der Waals surface area contributed by atoms with Crippen LogP contribution in [0, 0.1) is 11.8 Å². The molecular formula is C13H13Br2NO3. The van der Waals surface area contributed by atoms with Gasteiger partial charge in [-0.3, -0.25) is 9.59 Å². The SMILES string of the molecule is CC(C(=O)O)C1CN(C(=O)c2ccc(Br)cc2Br)C1. The van der Waals surface area contributed by atoms with Crippen molar-refractivity contribution in [3.8, 4) is 0 Å². The molecule has 0 bridgehead atoms. The predicted octanol–water partition coefficient (Wildman–Crippen LogP) is 3.00. The van der Waals surface area contributed by atoms with E-state index in [1.807, 2.05) is 12.1 Å². The third-order valence-corrected chi connectivity index (χ3v) is 4.60. The zero-order chi connectivity index (χ0) is 14.2. The van der Waals surface area contributed by atoms with Gasteiger partial charge in [0.2, 0.25) is 0 Å². The largest absolute Gasteiger partial charge is 0.481 e. The fraction of sp³-hybridized carbons (Fsp3) is 0.385. The molecule has 4 nitrogen and oxygen atoms in total. The van der Waals surface area contributed by atoms with Crippen LogP contribution in [0.15, 0.2) is 27.1 Å². The lowest BCUT2D eigenvalue weighted by atomic mass is 9.86. The first-order valence-corrected chi connectivity index (χ1v) is 7.46. The maximum atomic E-state index is 12.2. The van der Waals surface area contributed by atoms with Crippen molar-refractivity contribution in [2.24, 2.45) is 11.8 Å². The fourth-order valence-corrected chi connectivity index (χ4v) is 3.25. The molecule has 1 atom stereocenters. The van der Waals surface area contributed by atoms with Gasteiger partial charge in [0.05, 0.1) is 11.5 Å². The smallest absolute Gasteiger partial charge is 0.306 e. The molecule has 0 radical (unpaired) electrons. The lowest BCUT2D eigenvalue weighted by Crippen LogP contribution is -2.53. The molecule has 1 saturated heterocycles. The number of aliphatic carboxylic acids is 1. The second kappa shape index (κ2) is 5.63. The molecule has 0 saturated carbocycles. The number of benzene rings is 1. The molecule has 0 aliphatic carbocycles. The summed E-state index contributed by atoms with van der Waals surface area (Å²) in [5, 5.41) is 8.92. The molecule has 19 heavy (non-hydrogen) atoms. The van der Waals surface area contributed by atoms with E-state index in [0.29, 0.717) is 18.7 Å². The van der Waals surface area contributed by atoms with Crippen LogP contribution in [-0.4, -0.2) is 35.0 Å². The average Bonchev–Trinajstić information content (AvgIpc) is 2.26. The van der Waals surface area contributed by atoms with Crippen LogP contribution in [0.1, 0.15) is 17.3 Å². The average molecular weight is 391 g/mol. The summed E-state index contributed by atoms with van der Waals surface area (Å²) in [6, 6.07) is 5.39. The Morgan fingerprint density at radius 3 is 2.53 bits per heavy atom. The van der Waals surface area contributed by atoms with Gasteiger partial charge in [0.1, 0.15) is 0 Å². The zero-order valence-corrected chi connectivity index (χ0v) is 13.4. The Kier molecular flexibility index (Phi) is 4.30. The highest BCUT2D eigenvalue weighted by molar-refractivity contribution is 9.11. The molecular weight excluding hydrogens is 378 g/mol. The number of hydrogen-bond donors (Lipinski definition) is 1. The van der Waals surface area contributed by atoms with Crippen molar-refractivity contribution in [3.63, 3.8) is 0 Å². The van der Waals surface area contributed by atoms with Gasteiger partial charge in [-0.15, -0.1) is 0 Å². The van der Waals surface area contributed by atoms with Gasteiger partial charge < -0.3 is 10.0 Å². The maximum absolute atomic E-state index is 12.2. The number of nitrogens with zero attached hydrogens (tertiary/aromatic N) is 1. The molecule has 1 amide bonds. The highest BCUT2D eigenvalue weighted by Gasteiger charge is 2.37. The molecule has 1 aromatic carbocycles. The van der Waals surface area contributed by atoms with E-state index in [2.05, 4.69) is 31.9 Å². The van der Waals surface area contributed by atoms with Crippen molar-refractivity contribution in [1.29, 1.82) is 0 Å². The summed E-state index contributed by atoms with van der Waals surface area (Å²) in [5.74, 6) is -1.22. The Balaban J connectivity index is 2.02. The number of halogens is 2. The Hall–Kier alpha value is -0.880. The van der Waals surface area contributed by atoms with Crippen LogP contribution >= 0.6 is 31.9 Å². The van der Waals surface area contributed by atoms with Gasteiger partial charge in [-0.2, -0.15) is 0 Å². The molecule has 1 aliphatic heterocycles. The first-order valence-electron chi connectivity index (χ1n) is 5.87. The standard InChI is InChI=1S/C13H13Br2NO3/c1-7(13(18)19)8-5-16(6-8)12(17)10-3-2-9(14)4-11(10)15/h2-4,7-8H,5-6H2,1H3,(H,18,19). The monoisotopic (exact) mass is 389 g/mol. The Morgan fingerprint density at radius 2 is 2.00 bits per heavy atom. The molecule has 6 heteroatoms. The summed E-state index contributed by atoms with van der Waals surface area (Å²) >= 11 is 6.70. The fourth-order valence-electron chi connectivity index (χ4n) is 2.03. The molecule has 1 unspecified atom stereocenters. The van der Waals surface area contributed by atoms with Crippen molar-refractivity contribution in [2.45, 2.75) is 6.92 Å². The molecule has 1 N–H and O–H groups in total. The van der Waals surface area contributed by atoms with Gasteiger partial charge >= 0.3 is 5.97 Å². The van der Waals surface area contributed by atoms with Gasteiger partial charge in [-0.05, 0) is 34.1 Å². The van der Waals surface area contributed by atoms with Gasteiger partial charge in [-0.1, -0.05) is 22.9 Å². The van der Waals surface area contributed by atoms with Crippen LogP contribution in [0.3, 0.4) is 0 Å². The van der Waals surface area contributed by atoms with Crippen LogP contribution in [0.4, 0.5) is 0 Å². The van der Waals surface area contributed by atoms with E-state index in [0.717, 1.165) is 8.95 Å². The van der Waals surface area contributed by atoms with E-state index in [4.69, 9.17) is 5.11 Å². The van der Waals surface area contributed by atoms with Crippen LogP contribution in [-0.2, 0) is 4.79 Å². The molecule has 1 aromatic rings. The lowest BCUT2D eigenvalue weighted by molar-refractivity contribution is -0.144. The molecule has 1 heterocycles. The summed E-state index contributed by atoms with van der Waals surface area (Å²) < 4.78 is 1.64. The summed E-state index contributed by atoms with van der Waals surface area (Å²) in [4.78, 5) is 24.8. The van der Waals surface area contributed by atoms with Crippen molar-refractivity contribution in [3.05, 3.63) is 32.7 Å². The minimum Gasteiger partial charge on any atom is -0.481 e. The second-order valence-electron chi connectivity index (χ2n) is 4.72. The van der Waals surface area contributed by atoms with Crippen molar-refractivity contribution >= 4 is 43.7 Å². The number of carbonyl (C=O) groups excluding carboxylic acids is 1. The van der Waals surface area contributed by atoms with Crippen LogP contribution in [0.2, 0.25) is 0 Å². The molecule has 1 fully saturated rings. The van der Waals surface area contributed by atoms with E-state index in [-0.39, 0.29) is 11.8 Å². The van der Waals surface area contributed by atoms with E-state index in [9.17, 15) is 9.59 Å².